The highest BCUT2D eigenvalue weighted by atomic mass is 16.6. The minimum absolute atomic E-state index is 0.0879. The molecule has 6 nitrogen and oxygen atoms in total. The van der Waals surface area contributed by atoms with Crippen LogP contribution in [0.1, 0.15) is 25.7 Å². The van der Waals surface area contributed by atoms with Crippen LogP contribution in [0.4, 0.5) is 11.4 Å². The van der Waals surface area contributed by atoms with Gasteiger partial charge >= 0.3 is 5.69 Å². The largest absolute Gasteiger partial charge is 0.490 e. The molecule has 21 heavy (non-hydrogen) atoms. The highest BCUT2D eigenvalue weighted by molar-refractivity contribution is 5.70. The first-order valence-corrected chi connectivity index (χ1v) is 7.52. The Balaban J connectivity index is 1.92. The Hall–Kier alpha value is -1.82. The molecule has 1 saturated carbocycles. The van der Waals surface area contributed by atoms with Gasteiger partial charge in [-0.2, -0.15) is 0 Å². The molecule has 0 bridgehead atoms. The maximum atomic E-state index is 11.5. The average molecular weight is 291 g/mol. The molecule has 114 valence electrons. The van der Waals surface area contributed by atoms with Crippen molar-refractivity contribution in [2.75, 3.05) is 25.1 Å². The Morgan fingerprint density at radius 2 is 2.24 bits per heavy atom. The van der Waals surface area contributed by atoms with E-state index in [1.54, 1.807) is 6.07 Å². The van der Waals surface area contributed by atoms with Crippen molar-refractivity contribution < 1.29 is 9.66 Å². The second-order valence-electron chi connectivity index (χ2n) is 5.76. The molecular formula is C15H21N3O3. The van der Waals surface area contributed by atoms with Gasteiger partial charge in [0.1, 0.15) is 5.69 Å². The summed E-state index contributed by atoms with van der Waals surface area (Å²) in [5.41, 5.74) is 0.778. The van der Waals surface area contributed by atoms with Crippen molar-refractivity contribution in [1.82, 2.24) is 5.32 Å². The number of methoxy groups -OCH3 is 1. The fourth-order valence-corrected chi connectivity index (χ4v) is 3.07. The second-order valence-corrected chi connectivity index (χ2v) is 5.76. The van der Waals surface area contributed by atoms with Gasteiger partial charge in [-0.25, -0.2) is 0 Å². The SMILES string of the molecule is COc1cccc(N(CC2CCCN2)C2CC2)c1[N+](=O)[O-]. The van der Waals surface area contributed by atoms with E-state index in [0.29, 0.717) is 23.5 Å². The number of ether oxygens (including phenoxy) is 1. The van der Waals surface area contributed by atoms with Crippen LogP contribution in [0.25, 0.3) is 0 Å². The van der Waals surface area contributed by atoms with Crippen molar-refractivity contribution in [3.63, 3.8) is 0 Å². The number of para-hydroxylation sites is 1. The molecule has 1 aromatic rings. The van der Waals surface area contributed by atoms with Gasteiger partial charge in [0.05, 0.1) is 12.0 Å². The zero-order chi connectivity index (χ0) is 14.8. The lowest BCUT2D eigenvalue weighted by molar-refractivity contribution is -0.385. The van der Waals surface area contributed by atoms with E-state index < -0.39 is 0 Å². The summed E-state index contributed by atoms with van der Waals surface area (Å²) in [5.74, 6) is 0.336. The molecule has 0 radical (unpaired) electrons. The molecule has 0 aromatic heterocycles. The first-order valence-electron chi connectivity index (χ1n) is 7.52. The molecule has 1 aliphatic carbocycles. The minimum atomic E-state index is -0.328. The number of hydrogen-bond donors (Lipinski definition) is 1. The summed E-state index contributed by atoms with van der Waals surface area (Å²) in [6, 6.07) is 6.18. The number of hydrogen-bond acceptors (Lipinski definition) is 5. The Kier molecular flexibility index (Phi) is 3.96. The molecule has 2 fully saturated rings. The summed E-state index contributed by atoms with van der Waals surface area (Å²) in [4.78, 5) is 13.3. The van der Waals surface area contributed by atoms with Crippen molar-refractivity contribution in [3.05, 3.63) is 28.3 Å². The van der Waals surface area contributed by atoms with Crippen molar-refractivity contribution >= 4 is 11.4 Å². The highest BCUT2D eigenvalue weighted by Gasteiger charge is 2.36. The van der Waals surface area contributed by atoms with Crippen LogP contribution in [0.5, 0.6) is 5.75 Å². The lowest BCUT2D eigenvalue weighted by Crippen LogP contribution is -2.39. The first-order chi connectivity index (χ1) is 10.2. The monoisotopic (exact) mass is 291 g/mol. The smallest absolute Gasteiger partial charge is 0.333 e. The van der Waals surface area contributed by atoms with Crippen LogP contribution in [0.3, 0.4) is 0 Å². The van der Waals surface area contributed by atoms with E-state index in [-0.39, 0.29) is 10.6 Å². The van der Waals surface area contributed by atoms with Crippen molar-refractivity contribution in [2.24, 2.45) is 0 Å². The third-order valence-corrected chi connectivity index (χ3v) is 4.26. The van der Waals surface area contributed by atoms with Gasteiger partial charge < -0.3 is 15.0 Å². The van der Waals surface area contributed by atoms with Crippen LogP contribution < -0.4 is 15.0 Å². The normalized spacial score (nSPS) is 21.3. The topological polar surface area (TPSA) is 67.6 Å². The van der Waals surface area contributed by atoms with E-state index in [4.69, 9.17) is 4.74 Å². The van der Waals surface area contributed by atoms with Crippen molar-refractivity contribution in [3.8, 4) is 5.75 Å². The molecule has 1 saturated heterocycles. The number of nitrogens with zero attached hydrogens (tertiary/aromatic N) is 2. The predicted molar refractivity (Wildman–Crippen MR) is 81.0 cm³/mol. The summed E-state index contributed by atoms with van der Waals surface area (Å²) in [7, 11) is 1.48. The molecule has 0 amide bonds. The van der Waals surface area contributed by atoms with Gasteiger partial charge in [-0.3, -0.25) is 10.1 Å². The maximum absolute atomic E-state index is 11.5. The Bertz CT molecular complexity index is 525. The Morgan fingerprint density at radius 1 is 1.43 bits per heavy atom. The molecule has 1 unspecified atom stereocenters. The molecule has 1 heterocycles. The van der Waals surface area contributed by atoms with Gasteiger partial charge in [-0.15, -0.1) is 0 Å². The van der Waals surface area contributed by atoms with Gasteiger partial charge in [0.25, 0.3) is 0 Å². The van der Waals surface area contributed by atoms with Gasteiger partial charge in [0, 0.05) is 18.6 Å². The van der Waals surface area contributed by atoms with Crippen LogP contribution >= 0.6 is 0 Å². The maximum Gasteiger partial charge on any atom is 0.333 e. The predicted octanol–water partition coefficient (Wildman–Crippen LogP) is 2.32. The van der Waals surface area contributed by atoms with Crippen LogP contribution in [0.15, 0.2) is 18.2 Å². The minimum Gasteiger partial charge on any atom is -0.490 e. The molecule has 2 aliphatic rings. The number of nitro groups is 1. The number of benzene rings is 1. The lowest BCUT2D eigenvalue weighted by Gasteiger charge is -2.28. The second kappa shape index (κ2) is 5.89. The van der Waals surface area contributed by atoms with E-state index in [1.165, 1.54) is 13.5 Å². The van der Waals surface area contributed by atoms with Gasteiger partial charge in [-0.1, -0.05) is 6.07 Å². The molecular weight excluding hydrogens is 270 g/mol. The Labute approximate surface area is 124 Å². The van der Waals surface area contributed by atoms with Gasteiger partial charge in [-0.05, 0) is 44.4 Å². The van der Waals surface area contributed by atoms with E-state index in [0.717, 1.165) is 32.4 Å². The van der Waals surface area contributed by atoms with E-state index >= 15 is 0 Å². The fourth-order valence-electron chi connectivity index (χ4n) is 3.07. The summed E-state index contributed by atoms with van der Waals surface area (Å²) in [6.07, 6.45) is 4.55. The van der Waals surface area contributed by atoms with Crippen molar-refractivity contribution in [2.45, 2.75) is 37.8 Å². The lowest BCUT2D eigenvalue weighted by atomic mass is 10.1. The fraction of sp³-hybridized carbons (Fsp3) is 0.600. The van der Waals surface area contributed by atoms with Gasteiger partial charge in [0.2, 0.25) is 0 Å². The van der Waals surface area contributed by atoms with Crippen LogP contribution in [-0.2, 0) is 0 Å². The molecule has 1 aliphatic heterocycles. The van der Waals surface area contributed by atoms with E-state index in [2.05, 4.69) is 10.2 Å². The summed E-state index contributed by atoms with van der Waals surface area (Å²) in [6.45, 7) is 1.88. The molecule has 0 spiro atoms. The van der Waals surface area contributed by atoms with Crippen molar-refractivity contribution in [1.29, 1.82) is 0 Å². The third kappa shape index (κ3) is 2.95. The summed E-state index contributed by atoms with van der Waals surface area (Å²) in [5, 5.41) is 14.9. The number of nitrogens with one attached hydrogen (secondary N) is 1. The molecule has 1 aromatic carbocycles. The molecule has 6 heteroatoms. The standard InChI is InChI=1S/C15H21N3O3/c1-21-14-6-2-5-13(15(14)18(19)20)17(12-7-8-12)10-11-4-3-9-16-11/h2,5-6,11-12,16H,3-4,7-10H2,1H3. The molecule has 1 atom stereocenters. The zero-order valence-corrected chi connectivity index (χ0v) is 12.2. The van der Waals surface area contributed by atoms with Crippen LogP contribution in [0.2, 0.25) is 0 Å². The number of rotatable bonds is 6. The first kappa shape index (κ1) is 14.1. The Morgan fingerprint density at radius 3 is 2.81 bits per heavy atom. The van der Waals surface area contributed by atoms with Crippen LogP contribution in [0, 0.1) is 10.1 Å². The van der Waals surface area contributed by atoms with Crippen LogP contribution in [-0.4, -0.2) is 37.2 Å². The van der Waals surface area contributed by atoms with Gasteiger partial charge in [0.15, 0.2) is 5.75 Å². The quantitative estimate of drug-likeness (QED) is 0.643. The van der Waals surface area contributed by atoms with E-state index in [9.17, 15) is 10.1 Å². The zero-order valence-electron chi connectivity index (χ0n) is 12.2. The number of nitro benzene ring substituents is 1. The average Bonchev–Trinajstić information content (AvgIpc) is 3.20. The van der Waals surface area contributed by atoms with E-state index in [1.807, 2.05) is 12.1 Å². The summed E-state index contributed by atoms with van der Waals surface area (Å²) >= 11 is 0. The third-order valence-electron chi connectivity index (χ3n) is 4.26. The molecule has 3 rings (SSSR count). The molecule has 1 N–H and O–H groups in total. The number of anilines is 1. The summed E-state index contributed by atoms with van der Waals surface area (Å²) < 4.78 is 5.18. The highest BCUT2D eigenvalue weighted by Crippen LogP contribution is 2.41.